The second kappa shape index (κ2) is 3.57. The summed E-state index contributed by atoms with van der Waals surface area (Å²) >= 11 is 0. The Morgan fingerprint density at radius 1 is 1.36 bits per heavy atom. The van der Waals surface area contributed by atoms with Gasteiger partial charge in [-0.2, -0.15) is 0 Å². The Balaban J connectivity index is 2.44. The third kappa shape index (κ3) is 2.19. The molecule has 1 fully saturated rings. The number of nitrogens with zero attached hydrogens (tertiary/aromatic N) is 1. The lowest BCUT2D eigenvalue weighted by Gasteiger charge is -2.40. The van der Waals surface area contributed by atoms with E-state index in [2.05, 4.69) is 20.9 Å². The average molecular weight is 156 g/mol. The first-order valence-electron chi connectivity index (χ1n) is 5.03. The van der Waals surface area contributed by atoms with Crippen molar-refractivity contribution >= 4 is 0 Å². The summed E-state index contributed by atoms with van der Waals surface area (Å²) in [4.78, 5) is 0. The molecule has 2 unspecified atom stereocenters. The van der Waals surface area contributed by atoms with E-state index in [-0.39, 0.29) is 0 Å². The maximum atomic E-state index is 2.40. The molecule has 0 aromatic rings. The summed E-state index contributed by atoms with van der Waals surface area (Å²) in [7, 11) is 2.40. The molecule has 66 valence electrons. The van der Waals surface area contributed by atoms with Crippen LogP contribution in [0.15, 0.2) is 0 Å². The minimum atomic E-state index is 1.01. The fourth-order valence-corrected chi connectivity index (χ4v) is 2.19. The highest BCUT2D eigenvalue weighted by Crippen LogP contribution is 2.23. The van der Waals surface area contributed by atoms with Crippen LogP contribution in [-0.4, -0.2) is 31.2 Å². The molecule has 1 saturated heterocycles. The zero-order chi connectivity index (χ0) is 8.32. The first-order valence-corrected chi connectivity index (χ1v) is 5.03. The minimum absolute atomic E-state index is 1.01. The van der Waals surface area contributed by atoms with E-state index in [0.717, 1.165) is 5.92 Å². The zero-order valence-electron chi connectivity index (χ0n) is 8.27. The van der Waals surface area contributed by atoms with Crippen molar-refractivity contribution in [2.75, 3.05) is 26.7 Å². The monoisotopic (exact) mass is 156 g/mol. The van der Waals surface area contributed by atoms with Crippen molar-refractivity contribution in [2.45, 2.75) is 33.1 Å². The van der Waals surface area contributed by atoms with Gasteiger partial charge in [0.1, 0.15) is 0 Å². The molecule has 1 nitrogen and oxygen atoms in total. The average Bonchev–Trinajstić information content (AvgIpc) is 2.05. The molecule has 0 aliphatic carbocycles. The van der Waals surface area contributed by atoms with Gasteiger partial charge in [-0.15, -0.1) is 0 Å². The summed E-state index contributed by atoms with van der Waals surface area (Å²) in [5.41, 5.74) is 0. The number of rotatable bonds is 2. The van der Waals surface area contributed by atoms with Crippen LogP contribution in [0.1, 0.15) is 33.1 Å². The lowest BCUT2D eigenvalue weighted by Crippen LogP contribution is -2.50. The SMILES string of the molecule is CCC1CCC[N+](C)(CC)C1. The van der Waals surface area contributed by atoms with Gasteiger partial charge < -0.3 is 4.48 Å². The highest BCUT2D eigenvalue weighted by Gasteiger charge is 2.28. The molecular weight excluding hydrogens is 134 g/mol. The molecule has 1 rings (SSSR count). The van der Waals surface area contributed by atoms with Crippen molar-refractivity contribution in [1.82, 2.24) is 0 Å². The molecule has 1 heteroatoms. The van der Waals surface area contributed by atoms with Gasteiger partial charge in [0.2, 0.25) is 0 Å². The molecule has 0 N–H and O–H groups in total. The van der Waals surface area contributed by atoms with Crippen LogP contribution in [0.2, 0.25) is 0 Å². The molecule has 0 spiro atoms. The van der Waals surface area contributed by atoms with Crippen molar-refractivity contribution in [3.8, 4) is 0 Å². The predicted octanol–water partition coefficient (Wildman–Crippen LogP) is 2.27. The number of likely N-dealkylation sites (tertiary alicyclic amines) is 1. The number of hydrogen-bond donors (Lipinski definition) is 0. The highest BCUT2D eigenvalue weighted by molar-refractivity contribution is 4.61. The third-order valence-electron chi connectivity index (χ3n) is 3.35. The summed E-state index contributed by atoms with van der Waals surface area (Å²) in [6, 6.07) is 0. The third-order valence-corrected chi connectivity index (χ3v) is 3.35. The van der Waals surface area contributed by atoms with E-state index >= 15 is 0 Å². The van der Waals surface area contributed by atoms with Crippen LogP contribution in [0.5, 0.6) is 0 Å². The van der Waals surface area contributed by atoms with E-state index in [0.29, 0.717) is 0 Å². The Morgan fingerprint density at radius 3 is 2.64 bits per heavy atom. The Morgan fingerprint density at radius 2 is 2.09 bits per heavy atom. The minimum Gasteiger partial charge on any atom is -0.326 e. The normalized spacial score (nSPS) is 39.0. The fraction of sp³-hybridized carbons (Fsp3) is 1.00. The molecule has 0 radical (unpaired) electrons. The van der Waals surface area contributed by atoms with Crippen LogP contribution >= 0.6 is 0 Å². The van der Waals surface area contributed by atoms with Gasteiger partial charge in [-0.1, -0.05) is 6.92 Å². The summed E-state index contributed by atoms with van der Waals surface area (Å²) in [5.74, 6) is 1.01. The topological polar surface area (TPSA) is 0 Å². The lowest BCUT2D eigenvalue weighted by molar-refractivity contribution is -0.916. The van der Waals surface area contributed by atoms with Crippen LogP contribution in [0, 0.1) is 5.92 Å². The Bertz CT molecular complexity index is 122. The van der Waals surface area contributed by atoms with Gasteiger partial charge in [-0.05, 0) is 26.2 Å². The summed E-state index contributed by atoms with van der Waals surface area (Å²) in [6.45, 7) is 8.80. The predicted molar refractivity (Wildman–Crippen MR) is 49.5 cm³/mol. The van der Waals surface area contributed by atoms with E-state index in [1.54, 1.807) is 0 Å². The molecule has 0 saturated carbocycles. The molecule has 0 aromatic heterocycles. The van der Waals surface area contributed by atoms with E-state index < -0.39 is 0 Å². The summed E-state index contributed by atoms with van der Waals surface area (Å²) < 4.78 is 1.32. The maximum absolute atomic E-state index is 2.40. The van der Waals surface area contributed by atoms with Gasteiger partial charge in [-0.3, -0.25) is 0 Å². The Hall–Kier alpha value is -0.0400. The number of hydrogen-bond acceptors (Lipinski definition) is 0. The van der Waals surface area contributed by atoms with Gasteiger partial charge in [0.25, 0.3) is 0 Å². The molecule has 1 heterocycles. The first-order chi connectivity index (χ1) is 5.20. The Labute approximate surface area is 71.0 Å². The van der Waals surface area contributed by atoms with Crippen molar-refractivity contribution < 1.29 is 4.48 Å². The summed E-state index contributed by atoms with van der Waals surface area (Å²) in [5, 5.41) is 0. The smallest absolute Gasteiger partial charge is 0.0813 e. The molecule has 2 atom stereocenters. The lowest BCUT2D eigenvalue weighted by atomic mass is 9.94. The van der Waals surface area contributed by atoms with E-state index in [1.807, 2.05) is 0 Å². The molecule has 11 heavy (non-hydrogen) atoms. The van der Waals surface area contributed by atoms with Crippen LogP contribution in [0.25, 0.3) is 0 Å². The molecule has 0 aromatic carbocycles. The van der Waals surface area contributed by atoms with Crippen molar-refractivity contribution in [3.05, 3.63) is 0 Å². The first kappa shape index (κ1) is 9.05. The van der Waals surface area contributed by atoms with Crippen LogP contribution in [0.4, 0.5) is 0 Å². The van der Waals surface area contributed by atoms with Gasteiger partial charge in [0.05, 0.1) is 26.7 Å². The second-order valence-electron chi connectivity index (χ2n) is 4.26. The van der Waals surface area contributed by atoms with Gasteiger partial charge in [0.15, 0.2) is 0 Å². The van der Waals surface area contributed by atoms with Crippen molar-refractivity contribution in [3.63, 3.8) is 0 Å². The van der Waals surface area contributed by atoms with Crippen LogP contribution in [-0.2, 0) is 0 Å². The number of quaternary nitrogens is 1. The van der Waals surface area contributed by atoms with E-state index in [1.165, 1.54) is 43.4 Å². The highest BCUT2D eigenvalue weighted by atomic mass is 15.3. The summed E-state index contributed by atoms with van der Waals surface area (Å²) in [6.07, 6.45) is 4.31. The second-order valence-corrected chi connectivity index (χ2v) is 4.26. The van der Waals surface area contributed by atoms with Crippen molar-refractivity contribution in [2.24, 2.45) is 5.92 Å². The Kier molecular flexibility index (Phi) is 2.94. The van der Waals surface area contributed by atoms with E-state index in [4.69, 9.17) is 0 Å². The zero-order valence-corrected chi connectivity index (χ0v) is 8.27. The molecule has 0 bridgehead atoms. The number of piperidine rings is 1. The quantitative estimate of drug-likeness (QED) is 0.538. The van der Waals surface area contributed by atoms with Gasteiger partial charge in [0, 0.05) is 5.92 Å². The van der Waals surface area contributed by atoms with Crippen LogP contribution < -0.4 is 0 Å². The van der Waals surface area contributed by atoms with Crippen LogP contribution in [0.3, 0.4) is 0 Å². The largest absolute Gasteiger partial charge is 0.326 e. The standard InChI is InChI=1S/C10H22N/c1-4-10-7-6-8-11(3,5-2)9-10/h10H,4-9H2,1-3H3/q+1. The van der Waals surface area contributed by atoms with E-state index in [9.17, 15) is 0 Å². The maximum Gasteiger partial charge on any atom is 0.0813 e. The molecule has 0 amide bonds. The van der Waals surface area contributed by atoms with Crippen molar-refractivity contribution in [1.29, 1.82) is 0 Å². The van der Waals surface area contributed by atoms with Gasteiger partial charge in [-0.25, -0.2) is 0 Å². The molecule has 1 aliphatic heterocycles. The van der Waals surface area contributed by atoms with Gasteiger partial charge >= 0.3 is 0 Å². The fourth-order valence-electron chi connectivity index (χ4n) is 2.19. The molecular formula is C10H22N+. The molecule has 1 aliphatic rings.